The van der Waals surface area contributed by atoms with E-state index in [1.165, 1.54) is 12.4 Å². The average molecular weight is 249 g/mol. The number of halogens is 1. The van der Waals surface area contributed by atoms with Crippen molar-refractivity contribution in [1.29, 1.82) is 0 Å². The van der Waals surface area contributed by atoms with Gasteiger partial charge in [0.05, 0.1) is 0 Å². The Hall–Kier alpha value is -1.94. The van der Waals surface area contributed by atoms with Crippen molar-refractivity contribution in [1.82, 2.24) is 9.97 Å². The van der Waals surface area contributed by atoms with E-state index in [2.05, 4.69) is 9.97 Å². The highest BCUT2D eigenvalue weighted by molar-refractivity contribution is 6.31. The van der Waals surface area contributed by atoms with Crippen molar-refractivity contribution in [3.8, 4) is 0 Å². The zero-order chi connectivity index (χ0) is 12.3. The molecule has 0 atom stereocenters. The second kappa shape index (κ2) is 4.93. The van der Waals surface area contributed by atoms with Crippen LogP contribution in [0.15, 0.2) is 36.7 Å². The standard InChI is InChI=1S/C12H9ClN2O2/c13-10-4-2-1-3-8(10)5-9-6-11(12(16)17)15-7-14-9/h1-4,6-7H,5H2,(H,16,17). The molecular formula is C12H9ClN2O2. The normalized spacial score (nSPS) is 10.2. The zero-order valence-electron chi connectivity index (χ0n) is 8.80. The van der Waals surface area contributed by atoms with Gasteiger partial charge in [0.2, 0.25) is 0 Å². The second-order valence-corrected chi connectivity index (χ2v) is 3.88. The molecule has 4 nitrogen and oxygen atoms in total. The first kappa shape index (κ1) is 11.5. The van der Waals surface area contributed by atoms with E-state index in [0.717, 1.165) is 5.56 Å². The highest BCUT2D eigenvalue weighted by Gasteiger charge is 2.07. The van der Waals surface area contributed by atoms with Crippen molar-refractivity contribution >= 4 is 17.6 Å². The van der Waals surface area contributed by atoms with Crippen LogP contribution in [-0.2, 0) is 6.42 Å². The number of hydrogen-bond acceptors (Lipinski definition) is 3. The lowest BCUT2D eigenvalue weighted by Crippen LogP contribution is -2.03. The molecule has 0 fully saturated rings. The van der Waals surface area contributed by atoms with Crippen molar-refractivity contribution in [3.05, 3.63) is 58.6 Å². The lowest BCUT2D eigenvalue weighted by Gasteiger charge is -2.03. The molecule has 1 heterocycles. The quantitative estimate of drug-likeness (QED) is 0.906. The van der Waals surface area contributed by atoms with Crippen LogP contribution in [0.5, 0.6) is 0 Å². The molecule has 1 N–H and O–H groups in total. The van der Waals surface area contributed by atoms with E-state index in [4.69, 9.17) is 16.7 Å². The molecule has 0 spiro atoms. The van der Waals surface area contributed by atoms with E-state index in [0.29, 0.717) is 17.1 Å². The summed E-state index contributed by atoms with van der Waals surface area (Å²) in [6.45, 7) is 0. The Balaban J connectivity index is 2.28. The number of benzene rings is 1. The number of aromatic nitrogens is 2. The van der Waals surface area contributed by atoms with E-state index in [9.17, 15) is 4.79 Å². The molecule has 1 aromatic heterocycles. The van der Waals surface area contributed by atoms with Crippen LogP contribution < -0.4 is 0 Å². The van der Waals surface area contributed by atoms with Gasteiger partial charge in [0, 0.05) is 17.1 Å². The summed E-state index contributed by atoms with van der Waals surface area (Å²) in [5.74, 6) is -1.06. The lowest BCUT2D eigenvalue weighted by molar-refractivity contribution is 0.0690. The Kier molecular flexibility index (Phi) is 3.35. The van der Waals surface area contributed by atoms with Crippen LogP contribution in [-0.4, -0.2) is 21.0 Å². The first-order chi connectivity index (χ1) is 8.16. The van der Waals surface area contributed by atoms with Crippen LogP contribution in [0.1, 0.15) is 21.7 Å². The monoisotopic (exact) mass is 248 g/mol. The van der Waals surface area contributed by atoms with Gasteiger partial charge in [0.15, 0.2) is 5.69 Å². The molecule has 2 aromatic rings. The number of carbonyl (C=O) groups is 1. The van der Waals surface area contributed by atoms with Crippen molar-refractivity contribution in [3.63, 3.8) is 0 Å². The van der Waals surface area contributed by atoms with Gasteiger partial charge in [0.25, 0.3) is 0 Å². The first-order valence-electron chi connectivity index (χ1n) is 4.94. The smallest absolute Gasteiger partial charge is 0.354 e. The van der Waals surface area contributed by atoms with E-state index in [1.807, 2.05) is 18.2 Å². The summed E-state index contributed by atoms with van der Waals surface area (Å²) in [5.41, 5.74) is 1.52. The van der Waals surface area contributed by atoms with E-state index < -0.39 is 5.97 Å². The largest absolute Gasteiger partial charge is 0.477 e. The van der Waals surface area contributed by atoms with Crippen LogP contribution in [0.4, 0.5) is 0 Å². The number of carboxylic acids is 1. The fourth-order valence-corrected chi connectivity index (χ4v) is 1.65. The molecule has 0 unspecified atom stereocenters. The van der Waals surface area contributed by atoms with Crippen molar-refractivity contribution in [2.75, 3.05) is 0 Å². The molecule has 0 aliphatic heterocycles. The molecule has 2 rings (SSSR count). The Labute approximate surface area is 103 Å². The average Bonchev–Trinajstić information content (AvgIpc) is 2.32. The second-order valence-electron chi connectivity index (χ2n) is 3.47. The van der Waals surface area contributed by atoms with Gasteiger partial charge >= 0.3 is 5.97 Å². The van der Waals surface area contributed by atoms with Gasteiger partial charge in [0.1, 0.15) is 6.33 Å². The fourth-order valence-electron chi connectivity index (χ4n) is 1.45. The maximum absolute atomic E-state index is 10.8. The van der Waals surface area contributed by atoms with Gasteiger partial charge in [-0.25, -0.2) is 14.8 Å². The zero-order valence-corrected chi connectivity index (χ0v) is 9.55. The number of rotatable bonds is 3. The summed E-state index contributed by atoms with van der Waals surface area (Å²) in [6, 6.07) is 8.84. The predicted octanol–water partition coefficient (Wildman–Crippen LogP) is 2.42. The fraction of sp³-hybridized carbons (Fsp3) is 0.0833. The minimum absolute atomic E-state index is 0.0120. The van der Waals surface area contributed by atoms with Gasteiger partial charge in [-0.05, 0) is 17.7 Å². The maximum Gasteiger partial charge on any atom is 0.354 e. The molecule has 0 aliphatic carbocycles. The van der Waals surface area contributed by atoms with Gasteiger partial charge in [-0.2, -0.15) is 0 Å². The summed E-state index contributed by atoms with van der Waals surface area (Å²) in [4.78, 5) is 18.4. The Morgan fingerprint density at radius 1 is 1.29 bits per heavy atom. The van der Waals surface area contributed by atoms with Crippen LogP contribution in [0.3, 0.4) is 0 Å². The molecule has 0 saturated carbocycles. The van der Waals surface area contributed by atoms with E-state index >= 15 is 0 Å². The highest BCUT2D eigenvalue weighted by Crippen LogP contribution is 2.17. The van der Waals surface area contributed by atoms with E-state index in [-0.39, 0.29) is 5.69 Å². The summed E-state index contributed by atoms with van der Waals surface area (Å²) in [5, 5.41) is 9.46. The molecule has 86 valence electrons. The van der Waals surface area contributed by atoms with Crippen LogP contribution in [0.2, 0.25) is 5.02 Å². The maximum atomic E-state index is 10.8. The minimum atomic E-state index is -1.06. The topological polar surface area (TPSA) is 63.1 Å². The van der Waals surface area contributed by atoms with Crippen LogP contribution >= 0.6 is 11.6 Å². The number of aromatic carboxylic acids is 1. The lowest BCUT2D eigenvalue weighted by atomic mass is 10.1. The molecular weight excluding hydrogens is 240 g/mol. The third-order valence-electron chi connectivity index (χ3n) is 2.27. The van der Waals surface area contributed by atoms with Gasteiger partial charge in [-0.1, -0.05) is 29.8 Å². The van der Waals surface area contributed by atoms with Gasteiger partial charge in [-0.15, -0.1) is 0 Å². The molecule has 0 radical (unpaired) electrons. The number of carboxylic acid groups (broad SMARTS) is 1. The Morgan fingerprint density at radius 2 is 2.06 bits per heavy atom. The van der Waals surface area contributed by atoms with Crippen LogP contribution in [0.25, 0.3) is 0 Å². The number of nitrogens with zero attached hydrogens (tertiary/aromatic N) is 2. The molecule has 17 heavy (non-hydrogen) atoms. The molecule has 0 aliphatic rings. The third kappa shape index (κ3) is 2.79. The summed E-state index contributed by atoms with van der Waals surface area (Å²) >= 11 is 6.02. The number of hydrogen-bond donors (Lipinski definition) is 1. The Morgan fingerprint density at radius 3 is 2.76 bits per heavy atom. The predicted molar refractivity (Wildman–Crippen MR) is 63.2 cm³/mol. The molecule has 5 heteroatoms. The first-order valence-corrected chi connectivity index (χ1v) is 5.32. The third-order valence-corrected chi connectivity index (χ3v) is 2.64. The molecule has 1 aromatic carbocycles. The molecule has 0 amide bonds. The summed E-state index contributed by atoms with van der Waals surface area (Å²) < 4.78 is 0. The summed E-state index contributed by atoms with van der Waals surface area (Å²) in [7, 11) is 0. The minimum Gasteiger partial charge on any atom is -0.477 e. The molecule has 0 bridgehead atoms. The molecule has 0 saturated heterocycles. The summed E-state index contributed by atoms with van der Waals surface area (Å²) in [6.07, 6.45) is 1.73. The van der Waals surface area contributed by atoms with E-state index in [1.54, 1.807) is 6.07 Å². The van der Waals surface area contributed by atoms with Crippen molar-refractivity contribution in [2.24, 2.45) is 0 Å². The van der Waals surface area contributed by atoms with Gasteiger partial charge < -0.3 is 5.11 Å². The van der Waals surface area contributed by atoms with Crippen molar-refractivity contribution in [2.45, 2.75) is 6.42 Å². The Bertz CT molecular complexity index is 558. The van der Waals surface area contributed by atoms with Gasteiger partial charge in [-0.3, -0.25) is 0 Å². The SMILES string of the molecule is O=C(O)c1cc(Cc2ccccc2Cl)ncn1. The van der Waals surface area contributed by atoms with Crippen LogP contribution in [0, 0.1) is 0 Å². The highest BCUT2D eigenvalue weighted by atomic mass is 35.5. The van der Waals surface area contributed by atoms with Crippen molar-refractivity contribution < 1.29 is 9.90 Å².